The predicted octanol–water partition coefficient (Wildman–Crippen LogP) is 1.28. The van der Waals surface area contributed by atoms with Gasteiger partial charge in [0.1, 0.15) is 5.82 Å². The molecule has 0 radical (unpaired) electrons. The lowest BCUT2D eigenvalue weighted by atomic mass is 10.0. The van der Waals surface area contributed by atoms with Gasteiger partial charge >= 0.3 is 0 Å². The lowest BCUT2D eigenvalue weighted by Gasteiger charge is -2.34. The maximum absolute atomic E-state index is 12.1. The molecule has 1 aromatic heterocycles. The van der Waals surface area contributed by atoms with Crippen LogP contribution in [0.1, 0.15) is 61.9 Å². The Kier molecular flexibility index (Phi) is 3.74. The third-order valence-electron chi connectivity index (χ3n) is 4.26. The topological polar surface area (TPSA) is 73.9 Å². The van der Waals surface area contributed by atoms with Gasteiger partial charge in [-0.1, -0.05) is 0 Å². The summed E-state index contributed by atoms with van der Waals surface area (Å²) >= 11 is 0. The number of nitrogens with one attached hydrogen (secondary N) is 2. The third-order valence-corrected chi connectivity index (χ3v) is 4.26. The van der Waals surface area contributed by atoms with Crippen LogP contribution in [0.5, 0.6) is 0 Å². The zero-order valence-electron chi connectivity index (χ0n) is 12.2. The van der Waals surface area contributed by atoms with Gasteiger partial charge < -0.3 is 10.2 Å². The standard InChI is InChI=1S/C14H23N5O/c1-9(2)19-7-5-11(6-8-19)15-14(20)13-16-12(17-18-13)10-3-4-10/h9-11H,3-8H2,1-2H3,(H,15,20)(H,16,17,18). The Bertz CT molecular complexity index is 472. The smallest absolute Gasteiger partial charge is 0.291 e. The van der Waals surface area contributed by atoms with Crippen LogP contribution in [0, 0.1) is 0 Å². The van der Waals surface area contributed by atoms with E-state index in [1.807, 2.05) is 0 Å². The van der Waals surface area contributed by atoms with Crippen LogP contribution in [0.3, 0.4) is 0 Å². The molecule has 0 unspecified atom stereocenters. The van der Waals surface area contributed by atoms with Crippen LogP contribution in [0.2, 0.25) is 0 Å². The van der Waals surface area contributed by atoms with E-state index in [1.54, 1.807) is 0 Å². The number of carbonyl (C=O) groups excluding carboxylic acids is 1. The van der Waals surface area contributed by atoms with Crippen LogP contribution in [0.4, 0.5) is 0 Å². The van der Waals surface area contributed by atoms with Crippen molar-refractivity contribution in [1.82, 2.24) is 25.4 Å². The van der Waals surface area contributed by atoms with Crippen molar-refractivity contribution >= 4 is 5.91 Å². The Hall–Kier alpha value is -1.43. The highest BCUT2D eigenvalue weighted by atomic mass is 16.2. The second-order valence-corrected chi connectivity index (χ2v) is 6.20. The normalized spacial score (nSPS) is 21.4. The van der Waals surface area contributed by atoms with Crippen molar-refractivity contribution in [3.8, 4) is 0 Å². The van der Waals surface area contributed by atoms with Gasteiger partial charge in [0.2, 0.25) is 5.82 Å². The van der Waals surface area contributed by atoms with E-state index >= 15 is 0 Å². The van der Waals surface area contributed by atoms with Crippen molar-refractivity contribution in [1.29, 1.82) is 0 Å². The summed E-state index contributed by atoms with van der Waals surface area (Å²) in [5.41, 5.74) is 0. The number of aromatic amines is 1. The van der Waals surface area contributed by atoms with Crippen molar-refractivity contribution in [2.75, 3.05) is 13.1 Å². The molecule has 1 saturated carbocycles. The molecule has 3 rings (SSSR count). The van der Waals surface area contributed by atoms with E-state index < -0.39 is 0 Å². The molecule has 0 aromatic carbocycles. The highest BCUT2D eigenvalue weighted by Crippen LogP contribution is 2.37. The second-order valence-electron chi connectivity index (χ2n) is 6.20. The minimum atomic E-state index is -0.142. The summed E-state index contributed by atoms with van der Waals surface area (Å²) in [7, 11) is 0. The van der Waals surface area contributed by atoms with Gasteiger partial charge in [-0.15, -0.1) is 5.10 Å². The molecule has 1 amide bonds. The molecule has 1 aromatic rings. The Labute approximate surface area is 119 Å². The lowest BCUT2D eigenvalue weighted by Crippen LogP contribution is -2.46. The molecule has 0 bridgehead atoms. The molecule has 1 aliphatic carbocycles. The number of nitrogens with zero attached hydrogens (tertiary/aromatic N) is 3. The number of piperidine rings is 1. The van der Waals surface area contributed by atoms with Crippen LogP contribution in [-0.4, -0.2) is 51.2 Å². The maximum Gasteiger partial charge on any atom is 0.291 e. The maximum atomic E-state index is 12.1. The zero-order valence-corrected chi connectivity index (χ0v) is 12.2. The van der Waals surface area contributed by atoms with E-state index in [1.165, 1.54) is 0 Å². The molecular weight excluding hydrogens is 254 g/mol. The first-order chi connectivity index (χ1) is 9.63. The average Bonchev–Trinajstić information content (AvgIpc) is 3.17. The minimum Gasteiger partial charge on any atom is -0.346 e. The molecule has 20 heavy (non-hydrogen) atoms. The lowest BCUT2D eigenvalue weighted by molar-refractivity contribution is 0.0890. The second kappa shape index (κ2) is 5.52. The molecule has 2 aliphatic rings. The highest BCUT2D eigenvalue weighted by molar-refractivity contribution is 5.90. The first kappa shape index (κ1) is 13.5. The van der Waals surface area contributed by atoms with Crippen molar-refractivity contribution in [3.05, 3.63) is 11.6 Å². The van der Waals surface area contributed by atoms with Gasteiger partial charge in [0.15, 0.2) is 0 Å². The molecule has 1 saturated heterocycles. The van der Waals surface area contributed by atoms with Crippen LogP contribution < -0.4 is 5.32 Å². The number of carbonyl (C=O) groups is 1. The Balaban J connectivity index is 1.51. The van der Waals surface area contributed by atoms with Crippen LogP contribution in [0.25, 0.3) is 0 Å². The molecule has 2 heterocycles. The van der Waals surface area contributed by atoms with Crippen molar-refractivity contribution in [2.45, 2.75) is 57.5 Å². The Morgan fingerprint density at radius 3 is 2.60 bits per heavy atom. The number of hydrogen-bond donors (Lipinski definition) is 2. The fourth-order valence-electron chi connectivity index (χ4n) is 2.73. The van der Waals surface area contributed by atoms with Gasteiger partial charge in [0.05, 0.1) is 0 Å². The van der Waals surface area contributed by atoms with E-state index in [4.69, 9.17) is 0 Å². The number of amides is 1. The molecule has 0 spiro atoms. The molecule has 2 fully saturated rings. The summed E-state index contributed by atoms with van der Waals surface area (Å²) in [6.45, 7) is 6.52. The molecule has 0 atom stereocenters. The summed E-state index contributed by atoms with van der Waals surface area (Å²) < 4.78 is 0. The summed E-state index contributed by atoms with van der Waals surface area (Å²) in [4.78, 5) is 18.9. The Morgan fingerprint density at radius 2 is 2.00 bits per heavy atom. The van der Waals surface area contributed by atoms with Crippen molar-refractivity contribution < 1.29 is 4.79 Å². The van der Waals surface area contributed by atoms with E-state index in [0.29, 0.717) is 12.0 Å². The molecule has 6 nitrogen and oxygen atoms in total. The van der Waals surface area contributed by atoms with Crippen LogP contribution >= 0.6 is 0 Å². The van der Waals surface area contributed by atoms with E-state index in [0.717, 1.165) is 44.6 Å². The van der Waals surface area contributed by atoms with Gasteiger partial charge in [0.25, 0.3) is 5.91 Å². The number of aromatic nitrogens is 3. The van der Waals surface area contributed by atoms with Crippen molar-refractivity contribution in [3.63, 3.8) is 0 Å². The van der Waals surface area contributed by atoms with E-state index in [2.05, 4.69) is 39.2 Å². The first-order valence-electron chi connectivity index (χ1n) is 7.60. The van der Waals surface area contributed by atoms with Gasteiger partial charge in [-0.25, -0.2) is 4.98 Å². The summed E-state index contributed by atoms with van der Waals surface area (Å²) in [6.07, 6.45) is 4.32. The molecule has 1 aliphatic heterocycles. The number of hydrogen-bond acceptors (Lipinski definition) is 4. The van der Waals surface area contributed by atoms with Crippen LogP contribution in [-0.2, 0) is 0 Å². The molecule has 6 heteroatoms. The van der Waals surface area contributed by atoms with Gasteiger partial charge in [-0.3, -0.25) is 9.89 Å². The summed E-state index contributed by atoms with van der Waals surface area (Å²) in [6, 6.07) is 0.834. The monoisotopic (exact) mass is 277 g/mol. The van der Waals surface area contributed by atoms with E-state index in [-0.39, 0.29) is 17.8 Å². The SMILES string of the molecule is CC(C)N1CCC(NC(=O)c2n[nH]c(C3CC3)n2)CC1. The quantitative estimate of drug-likeness (QED) is 0.869. The van der Waals surface area contributed by atoms with Crippen molar-refractivity contribution in [2.24, 2.45) is 0 Å². The summed E-state index contributed by atoms with van der Waals surface area (Å²) in [5.74, 6) is 1.51. The predicted molar refractivity (Wildman–Crippen MR) is 75.6 cm³/mol. The zero-order chi connectivity index (χ0) is 14.1. The number of likely N-dealkylation sites (tertiary alicyclic amines) is 1. The minimum absolute atomic E-state index is 0.142. The fourth-order valence-corrected chi connectivity index (χ4v) is 2.73. The molecule has 2 N–H and O–H groups in total. The van der Waals surface area contributed by atoms with Gasteiger partial charge in [-0.05, 0) is 39.5 Å². The fraction of sp³-hybridized carbons (Fsp3) is 0.786. The Morgan fingerprint density at radius 1 is 1.30 bits per heavy atom. The highest BCUT2D eigenvalue weighted by Gasteiger charge is 2.29. The average molecular weight is 277 g/mol. The summed E-state index contributed by atoms with van der Waals surface area (Å²) in [5, 5.41) is 9.96. The van der Waals surface area contributed by atoms with Gasteiger partial charge in [0, 0.05) is 31.1 Å². The third kappa shape index (κ3) is 3.00. The number of H-pyrrole nitrogens is 1. The molecular formula is C14H23N5O. The largest absolute Gasteiger partial charge is 0.346 e. The number of rotatable bonds is 4. The van der Waals surface area contributed by atoms with Crippen LogP contribution in [0.15, 0.2) is 0 Å². The van der Waals surface area contributed by atoms with E-state index in [9.17, 15) is 4.79 Å². The van der Waals surface area contributed by atoms with Gasteiger partial charge in [-0.2, -0.15) is 0 Å². The first-order valence-corrected chi connectivity index (χ1v) is 7.60. The molecule has 110 valence electrons.